The Kier molecular flexibility index (Phi) is 6.01. The molecule has 0 saturated carbocycles. The van der Waals surface area contributed by atoms with E-state index in [0.29, 0.717) is 6.42 Å². The minimum Gasteiger partial charge on any atom is -0.356 e. The Bertz CT molecular complexity index is 338. The molecule has 0 unspecified atom stereocenters. The first-order valence-electron chi connectivity index (χ1n) is 5.23. The highest BCUT2D eigenvalue weighted by Crippen LogP contribution is 2.22. The molecule has 0 fully saturated rings. The summed E-state index contributed by atoms with van der Waals surface area (Å²) < 4.78 is 1.07. The van der Waals surface area contributed by atoms with E-state index in [1.54, 1.807) is 11.3 Å². The lowest BCUT2D eigenvalue weighted by atomic mass is 10.3. The molecule has 1 amide bonds. The summed E-state index contributed by atoms with van der Waals surface area (Å²) in [6.45, 7) is 1.76. The average Bonchev–Trinajstić information content (AvgIpc) is 2.58. The van der Waals surface area contributed by atoms with Gasteiger partial charge in [0.25, 0.3) is 0 Å². The maximum atomic E-state index is 11.5. The van der Waals surface area contributed by atoms with Crippen LogP contribution in [0, 0.1) is 0 Å². The number of halogens is 1. The molecule has 0 spiro atoms. The lowest BCUT2D eigenvalue weighted by molar-refractivity contribution is -0.120. The maximum Gasteiger partial charge on any atom is 0.225 e. The van der Waals surface area contributed by atoms with Crippen LogP contribution in [-0.4, -0.2) is 38.0 Å². The van der Waals surface area contributed by atoms with Crippen molar-refractivity contribution in [3.05, 3.63) is 20.8 Å². The summed E-state index contributed by atoms with van der Waals surface area (Å²) in [6, 6.07) is 3.95. The smallest absolute Gasteiger partial charge is 0.225 e. The number of rotatable bonds is 6. The highest BCUT2D eigenvalue weighted by molar-refractivity contribution is 9.11. The zero-order valence-corrected chi connectivity index (χ0v) is 12.0. The molecule has 0 aliphatic carbocycles. The van der Waals surface area contributed by atoms with Gasteiger partial charge in [0, 0.05) is 11.4 Å². The number of amides is 1. The summed E-state index contributed by atoms with van der Waals surface area (Å²) in [6.07, 6.45) is 1.48. The van der Waals surface area contributed by atoms with E-state index in [1.165, 1.54) is 0 Å². The van der Waals surface area contributed by atoms with Gasteiger partial charge in [0.15, 0.2) is 0 Å². The number of nitrogens with zero attached hydrogens (tertiary/aromatic N) is 1. The molecule has 90 valence electrons. The van der Waals surface area contributed by atoms with Crippen LogP contribution in [-0.2, 0) is 11.2 Å². The van der Waals surface area contributed by atoms with Gasteiger partial charge in [-0.25, -0.2) is 0 Å². The van der Waals surface area contributed by atoms with Crippen LogP contribution in [0.1, 0.15) is 11.3 Å². The first-order chi connectivity index (χ1) is 7.58. The number of carbonyl (C=O) groups is 1. The van der Waals surface area contributed by atoms with Gasteiger partial charge >= 0.3 is 0 Å². The molecule has 0 aromatic carbocycles. The first kappa shape index (κ1) is 13.7. The molecule has 1 aromatic heterocycles. The van der Waals surface area contributed by atoms with Crippen LogP contribution in [0.25, 0.3) is 0 Å². The number of nitrogens with one attached hydrogen (secondary N) is 1. The quantitative estimate of drug-likeness (QED) is 0.817. The van der Waals surface area contributed by atoms with Crippen molar-refractivity contribution in [3.63, 3.8) is 0 Å². The molecule has 3 nitrogen and oxygen atoms in total. The molecule has 0 bridgehead atoms. The highest BCUT2D eigenvalue weighted by atomic mass is 79.9. The Hall–Kier alpha value is -0.390. The molecule has 16 heavy (non-hydrogen) atoms. The van der Waals surface area contributed by atoms with Gasteiger partial charge in [-0.1, -0.05) is 0 Å². The predicted molar refractivity (Wildman–Crippen MR) is 71.9 cm³/mol. The standard InChI is InChI=1S/C11H17BrN2OS/c1-14(2)7-3-6-13-11(15)8-9-4-5-10(12)16-9/h4-5H,3,6-8H2,1-2H3,(H,13,15). The number of carbonyl (C=O) groups excluding carboxylic acids is 1. The molecule has 0 saturated heterocycles. The molecule has 0 atom stereocenters. The van der Waals surface area contributed by atoms with Crippen molar-refractivity contribution in [2.45, 2.75) is 12.8 Å². The largest absolute Gasteiger partial charge is 0.356 e. The van der Waals surface area contributed by atoms with E-state index >= 15 is 0 Å². The Morgan fingerprint density at radius 3 is 2.81 bits per heavy atom. The fourth-order valence-corrected chi connectivity index (χ4v) is 2.77. The van der Waals surface area contributed by atoms with Gasteiger partial charge in [-0.3, -0.25) is 4.79 Å². The highest BCUT2D eigenvalue weighted by Gasteiger charge is 2.04. The van der Waals surface area contributed by atoms with E-state index < -0.39 is 0 Å². The van der Waals surface area contributed by atoms with Crippen molar-refractivity contribution in [1.82, 2.24) is 10.2 Å². The SMILES string of the molecule is CN(C)CCCNC(=O)Cc1ccc(Br)s1. The van der Waals surface area contributed by atoms with E-state index in [2.05, 4.69) is 26.1 Å². The van der Waals surface area contributed by atoms with Gasteiger partial charge in [0.05, 0.1) is 10.2 Å². The van der Waals surface area contributed by atoms with E-state index in [1.807, 2.05) is 26.2 Å². The number of hydrogen-bond donors (Lipinski definition) is 1. The molecule has 1 heterocycles. The van der Waals surface area contributed by atoms with Crippen molar-refractivity contribution in [2.24, 2.45) is 0 Å². The Balaban J connectivity index is 2.16. The van der Waals surface area contributed by atoms with E-state index in [4.69, 9.17) is 0 Å². The van der Waals surface area contributed by atoms with Gasteiger partial charge in [-0.15, -0.1) is 11.3 Å². The van der Waals surface area contributed by atoms with Gasteiger partial charge in [0.1, 0.15) is 0 Å². The summed E-state index contributed by atoms with van der Waals surface area (Å²) >= 11 is 4.99. The monoisotopic (exact) mass is 304 g/mol. The second-order valence-corrected chi connectivity index (χ2v) is 6.44. The van der Waals surface area contributed by atoms with Crippen LogP contribution in [0.3, 0.4) is 0 Å². The minimum absolute atomic E-state index is 0.105. The fourth-order valence-electron chi connectivity index (χ4n) is 1.29. The van der Waals surface area contributed by atoms with Crippen LogP contribution >= 0.6 is 27.3 Å². The Morgan fingerprint density at radius 1 is 1.50 bits per heavy atom. The van der Waals surface area contributed by atoms with Crippen molar-refractivity contribution in [2.75, 3.05) is 27.2 Å². The third kappa shape index (κ3) is 5.63. The molecule has 1 N–H and O–H groups in total. The number of thiophene rings is 1. The summed E-state index contributed by atoms with van der Waals surface area (Å²) in [5.74, 6) is 0.105. The van der Waals surface area contributed by atoms with Gasteiger partial charge in [-0.2, -0.15) is 0 Å². The van der Waals surface area contributed by atoms with Crippen LogP contribution in [0.5, 0.6) is 0 Å². The Morgan fingerprint density at radius 2 is 2.25 bits per heavy atom. The van der Waals surface area contributed by atoms with Crippen LogP contribution in [0.15, 0.2) is 15.9 Å². The second kappa shape index (κ2) is 7.04. The van der Waals surface area contributed by atoms with Crippen LogP contribution < -0.4 is 5.32 Å². The molecular formula is C11H17BrN2OS. The van der Waals surface area contributed by atoms with Crippen molar-refractivity contribution in [1.29, 1.82) is 0 Å². The zero-order chi connectivity index (χ0) is 12.0. The topological polar surface area (TPSA) is 32.3 Å². The third-order valence-electron chi connectivity index (χ3n) is 2.07. The molecule has 0 radical (unpaired) electrons. The van der Waals surface area contributed by atoms with E-state index in [-0.39, 0.29) is 5.91 Å². The lowest BCUT2D eigenvalue weighted by Crippen LogP contribution is -2.28. The summed E-state index contributed by atoms with van der Waals surface area (Å²) in [4.78, 5) is 14.7. The van der Waals surface area contributed by atoms with E-state index in [0.717, 1.165) is 28.2 Å². The first-order valence-corrected chi connectivity index (χ1v) is 6.84. The normalized spacial score (nSPS) is 10.8. The molecular weight excluding hydrogens is 288 g/mol. The van der Waals surface area contributed by atoms with Gasteiger partial charge in [0.2, 0.25) is 5.91 Å². The fraction of sp³-hybridized carbons (Fsp3) is 0.545. The summed E-state index contributed by atoms with van der Waals surface area (Å²) in [5.41, 5.74) is 0. The van der Waals surface area contributed by atoms with Crippen LogP contribution in [0.2, 0.25) is 0 Å². The number of hydrogen-bond acceptors (Lipinski definition) is 3. The van der Waals surface area contributed by atoms with Crippen molar-refractivity contribution < 1.29 is 4.79 Å². The molecule has 1 rings (SSSR count). The van der Waals surface area contributed by atoms with Crippen molar-refractivity contribution >= 4 is 33.2 Å². The maximum absolute atomic E-state index is 11.5. The van der Waals surface area contributed by atoms with Crippen LogP contribution in [0.4, 0.5) is 0 Å². The van der Waals surface area contributed by atoms with E-state index in [9.17, 15) is 4.79 Å². The van der Waals surface area contributed by atoms with Gasteiger partial charge in [-0.05, 0) is 55.1 Å². The molecule has 0 aliphatic heterocycles. The predicted octanol–water partition coefficient (Wildman–Crippen LogP) is 2.12. The van der Waals surface area contributed by atoms with Crippen molar-refractivity contribution in [3.8, 4) is 0 Å². The molecule has 5 heteroatoms. The second-order valence-electron chi connectivity index (χ2n) is 3.89. The average molecular weight is 305 g/mol. The van der Waals surface area contributed by atoms with Gasteiger partial charge < -0.3 is 10.2 Å². The lowest BCUT2D eigenvalue weighted by Gasteiger charge is -2.09. The molecule has 1 aromatic rings. The zero-order valence-electron chi connectivity index (χ0n) is 9.62. The molecule has 0 aliphatic rings. The Labute approximate surface area is 109 Å². The minimum atomic E-state index is 0.105. The third-order valence-corrected chi connectivity index (χ3v) is 3.69. The summed E-state index contributed by atoms with van der Waals surface area (Å²) in [5, 5.41) is 2.92. The summed E-state index contributed by atoms with van der Waals surface area (Å²) in [7, 11) is 4.07.